The van der Waals surface area contributed by atoms with Gasteiger partial charge in [-0.05, 0) is 35.3 Å². The monoisotopic (exact) mass is 351 g/mol. The summed E-state index contributed by atoms with van der Waals surface area (Å²) in [6.45, 7) is 4.28. The zero-order chi connectivity index (χ0) is 18.7. The van der Waals surface area contributed by atoms with Gasteiger partial charge < -0.3 is 14.2 Å². The van der Waals surface area contributed by atoms with Crippen molar-refractivity contribution in [1.82, 2.24) is 0 Å². The lowest BCUT2D eigenvalue weighted by Gasteiger charge is -2.11. The number of carbonyl (C=O) groups excluding carboxylic acids is 1. The number of cyclic esters (lactones) is 1. The van der Waals surface area contributed by atoms with E-state index in [9.17, 15) is 4.79 Å². The molecule has 0 atom stereocenters. The molecule has 3 rings (SSSR count). The standard InChI is InChI=1S/C21H21NO4/c1-13(2)15-10-8-14(9-11-15)12-16-21(23)26-20(22-16)19-17(24-3)6-5-7-18(19)25-4/h5-13H,1-4H3/b16-12+. The summed E-state index contributed by atoms with van der Waals surface area (Å²) in [5, 5.41) is 0. The number of methoxy groups -OCH3 is 2. The molecule has 0 N–H and O–H groups in total. The lowest BCUT2D eigenvalue weighted by molar-refractivity contribution is -0.129. The van der Waals surface area contributed by atoms with E-state index in [0.29, 0.717) is 23.0 Å². The van der Waals surface area contributed by atoms with Crippen molar-refractivity contribution in [3.63, 3.8) is 0 Å². The summed E-state index contributed by atoms with van der Waals surface area (Å²) in [7, 11) is 3.09. The highest BCUT2D eigenvalue weighted by Gasteiger charge is 2.28. The van der Waals surface area contributed by atoms with Gasteiger partial charge in [0.2, 0.25) is 5.90 Å². The first-order valence-corrected chi connectivity index (χ1v) is 8.37. The maximum atomic E-state index is 12.3. The molecule has 1 aliphatic rings. The summed E-state index contributed by atoms with van der Waals surface area (Å²) in [6, 6.07) is 13.3. The first-order chi connectivity index (χ1) is 12.5. The van der Waals surface area contributed by atoms with Crippen LogP contribution in [-0.4, -0.2) is 26.1 Å². The second kappa shape index (κ2) is 7.44. The van der Waals surface area contributed by atoms with Gasteiger partial charge in [-0.1, -0.05) is 44.2 Å². The van der Waals surface area contributed by atoms with Gasteiger partial charge >= 0.3 is 5.97 Å². The van der Waals surface area contributed by atoms with Crippen molar-refractivity contribution in [3.05, 3.63) is 64.9 Å². The molecule has 26 heavy (non-hydrogen) atoms. The third-order valence-electron chi connectivity index (χ3n) is 4.17. The number of carbonyl (C=O) groups is 1. The van der Waals surface area contributed by atoms with Gasteiger partial charge in [0.05, 0.1) is 14.2 Å². The van der Waals surface area contributed by atoms with Crippen LogP contribution in [0.25, 0.3) is 6.08 Å². The minimum atomic E-state index is -0.499. The van der Waals surface area contributed by atoms with Crippen LogP contribution in [0.15, 0.2) is 53.2 Å². The molecule has 0 unspecified atom stereocenters. The molecule has 0 bridgehead atoms. The van der Waals surface area contributed by atoms with E-state index in [4.69, 9.17) is 14.2 Å². The van der Waals surface area contributed by atoms with Crippen molar-refractivity contribution in [2.24, 2.45) is 4.99 Å². The number of benzene rings is 2. The van der Waals surface area contributed by atoms with E-state index in [1.807, 2.05) is 24.3 Å². The van der Waals surface area contributed by atoms with E-state index in [1.54, 1.807) is 38.5 Å². The van der Waals surface area contributed by atoms with Crippen LogP contribution in [0.1, 0.15) is 36.5 Å². The van der Waals surface area contributed by atoms with E-state index in [1.165, 1.54) is 5.56 Å². The SMILES string of the molecule is COc1cccc(OC)c1C1=N/C(=C/c2ccc(C(C)C)cc2)C(=O)O1. The Balaban J connectivity index is 1.97. The highest BCUT2D eigenvalue weighted by atomic mass is 16.6. The smallest absolute Gasteiger partial charge is 0.363 e. The normalized spacial score (nSPS) is 15.2. The number of hydrogen-bond donors (Lipinski definition) is 0. The van der Waals surface area contributed by atoms with Crippen molar-refractivity contribution >= 4 is 17.9 Å². The van der Waals surface area contributed by atoms with Crippen LogP contribution in [0.4, 0.5) is 0 Å². The molecule has 1 aliphatic heterocycles. The van der Waals surface area contributed by atoms with Crippen molar-refractivity contribution in [1.29, 1.82) is 0 Å². The Bertz CT molecular complexity index is 857. The third kappa shape index (κ3) is 3.47. The number of hydrogen-bond acceptors (Lipinski definition) is 5. The number of aliphatic imine (C=N–C) groups is 1. The molecule has 0 fully saturated rings. The molecule has 0 amide bonds. The molecule has 2 aromatic carbocycles. The Hall–Kier alpha value is -3.08. The summed E-state index contributed by atoms with van der Waals surface area (Å²) >= 11 is 0. The largest absolute Gasteiger partial charge is 0.496 e. The van der Waals surface area contributed by atoms with Crippen LogP contribution in [-0.2, 0) is 9.53 Å². The fraction of sp³-hybridized carbons (Fsp3) is 0.238. The molecule has 0 spiro atoms. The maximum absolute atomic E-state index is 12.3. The number of esters is 1. The van der Waals surface area contributed by atoms with Crippen LogP contribution >= 0.6 is 0 Å². The van der Waals surface area contributed by atoms with E-state index >= 15 is 0 Å². The van der Waals surface area contributed by atoms with Crippen molar-refractivity contribution in [2.75, 3.05) is 14.2 Å². The minimum Gasteiger partial charge on any atom is -0.496 e. The van der Waals surface area contributed by atoms with Crippen LogP contribution in [0.3, 0.4) is 0 Å². The maximum Gasteiger partial charge on any atom is 0.363 e. The Morgan fingerprint density at radius 1 is 1.00 bits per heavy atom. The van der Waals surface area contributed by atoms with E-state index in [2.05, 4.69) is 18.8 Å². The first kappa shape index (κ1) is 17.7. The molecule has 0 aromatic heterocycles. The Morgan fingerprint density at radius 3 is 2.15 bits per heavy atom. The van der Waals surface area contributed by atoms with E-state index in [0.717, 1.165) is 5.56 Å². The second-order valence-electron chi connectivity index (χ2n) is 6.19. The van der Waals surface area contributed by atoms with Gasteiger partial charge in [-0.15, -0.1) is 0 Å². The summed E-state index contributed by atoms with van der Waals surface area (Å²) < 4.78 is 16.1. The van der Waals surface area contributed by atoms with Gasteiger partial charge in [-0.25, -0.2) is 9.79 Å². The molecule has 0 radical (unpaired) electrons. The average Bonchev–Trinajstić information content (AvgIpc) is 3.01. The summed E-state index contributed by atoms with van der Waals surface area (Å²) in [4.78, 5) is 16.6. The molecule has 0 saturated heterocycles. The average molecular weight is 351 g/mol. The molecule has 1 heterocycles. The van der Waals surface area contributed by atoms with Crippen LogP contribution in [0, 0.1) is 0 Å². The molecule has 5 heteroatoms. The van der Waals surface area contributed by atoms with Gasteiger partial charge in [0.1, 0.15) is 17.1 Å². The number of rotatable bonds is 5. The Morgan fingerprint density at radius 2 is 1.62 bits per heavy atom. The topological polar surface area (TPSA) is 57.1 Å². The molecule has 2 aromatic rings. The quantitative estimate of drug-likeness (QED) is 0.599. The summed E-state index contributed by atoms with van der Waals surface area (Å²) in [5.41, 5.74) is 2.89. The lowest BCUT2D eigenvalue weighted by Crippen LogP contribution is -2.08. The second-order valence-corrected chi connectivity index (χ2v) is 6.19. The van der Waals surface area contributed by atoms with Gasteiger partial charge in [0.15, 0.2) is 5.70 Å². The molecule has 0 aliphatic carbocycles. The minimum absolute atomic E-state index is 0.175. The fourth-order valence-electron chi connectivity index (χ4n) is 2.71. The highest BCUT2D eigenvalue weighted by molar-refractivity contribution is 6.14. The van der Waals surface area contributed by atoms with Gasteiger partial charge in [-0.2, -0.15) is 0 Å². The van der Waals surface area contributed by atoms with Gasteiger partial charge in [-0.3, -0.25) is 0 Å². The first-order valence-electron chi connectivity index (χ1n) is 8.37. The Labute approximate surface area is 152 Å². The summed E-state index contributed by atoms with van der Waals surface area (Å²) in [6.07, 6.45) is 1.71. The molecular weight excluding hydrogens is 330 g/mol. The molecule has 0 saturated carbocycles. The molecular formula is C21H21NO4. The van der Waals surface area contributed by atoms with Crippen LogP contribution in [0.2, 0.25) is 0 Å². The van der Waals surface area contributed by atoms with E-state index < -0.39 is 5.97 Å². The van der Waals surface area contributed by atoms with Gasteiger partial charge in [0.25, 0.3) is 0 Å². The van der Waals surface area contributed by atoms with Crippen molar-refractivity contribution < 1.29 is 19.0 Å². The molecule has 5 nitrogen and oxygen atoms in total. The fourth-order valence-corrected chi connectivity index (χ4v) is 2.71. The predicted molar refractivity (Wildman–Crippen MR) is 101 cm³/mol. The Kier molecular flexibility index (Phi) is 5.07. The zero-order valence-electron chi connectivity index (χ0n) is 15.3. The summed E-state index contributed by atoms with van der Waals surface area (Å²) in [5.74, 6) is 1.18. The number of nitrogens with zero attached hydrogens (tertiary/aromatic N) is 1. The van der Waals surface area contributed by atoms with Crippen LogP contribution < -0.4 is 9.47 Å². The predicted octanol–water partition coefficient (Wildman–Crippen LogP) is 4.17. The highest BCUT2D eigenvalue weighted by Crippen LogP contribution is 2.32. The van der Waals surface area contributed by atoms with E-state index in [-0.39, 0.29) is 11.6 Å². The van der Waals surface area contributed by atoms with Crippen molar-refractivity contribution in [3.8, 4) is 11.5 Å². The third-order valence-corrected chi connectivity index (χ3v) is 4.17. The zero-order valence-corrected chi connectivity index (χ0v) is 15.3. The van der Waals surface area contributed by atoms with Gasteiger partial charge in [0, 0.05) is 0 Å². The molecule has 134 valence electrons. The van der Waals surface area contributed by atoms with Crippen LogP contribution in [0.5, 0.6) is 11.5 Å². The lowest BCUT2D eigenvalue weighted by atomic mass is 10.0. The number of ether oxygens (including phenoxy) is 3. The van der Waals surface area contributed by atoms with Crippen molar-refractivity contribution in [2.45, 2.75) is 19.8 Å².